The number of hydrogen-bond donors (Lipinski definition) is 1. The Hall–Kier alpha value is -1.71. The van der Waals surface area contributed by atoms with Gasteiger partial charge >= 0.3 is 0 Å². The van der Waals surface area contributed by atoms with Gasteiger partial charge in [-0.05, 0) is 37.4 Å². The molecule has 0 bridgehead atoms. The molecule has 0 fully saturated rings. The highest BCUT2D eigenvalue weighted by Crippen LogP contribution is 2.31. The van der Waals surface area contributed by atoms with Gasteiger partial charge in [0.05, 0.1) is 6.10 Å². The fraction of sp³-hybridized carbons (Fsp3) is 0.294. The number of halogens is 1. The van der Waals surface area contributed by atoms with Gasteiger partial charge in [0.1, 0.15) is 5.82 Å². The van der Waals surface area contributed by atoms with Crippen molar-refractivity contribution >= 4 is 0 Å². The third-order valence-electron chi connectivity index (χ3n) is 3.38. The van der Waals surface area contributed by atoms with Gasteiger partial charge in [0.15, 0.2) is 0 Å². The minimum atomic E-state index is -0.652. The number of hydrogen-bond acceptors (Lipinski definition) is 2. The molecule has 3 heteroatoms. The van der Waals surface area contributed by atoms with Crippen LogP contribution in [0.5, 0.6) is 0 Å². The second-order valence-corrected chi connectivity index (χ2v) is 5.28. The fourth-order valence-corrected chi connectivity index (χ4v) is 2.37. The summed E-state index contributed by atoms with van der Waals surface area (Å²) in [5.41, 5.74) is 1.82. The summed E-state index contributed by atoms with van der Waals surface area (Å²) in [6.45, 7) is 0.725. The van der Waals surface area contributed by atoms with E-state index in [2.05, 4.69) is 0 Å². The smallest absolute Gasteiger partial charge is 0.123 e. The van der Waals surface area contributed by atoms with Crippen LogP contribution < -0.4 is 0 Å². The molecule has 20 heavy (non-hydrogen) atoms. The molecule has 2 rings (SSSR count). The molecule has 0 saturated carbocycles. The molecule has 0 unspecified atom stereocenters. The highest BCUT2D eigenvalue weighted by molar-refractivity contribution is 5.27. The van der Waals surface area contributed by atoms with E-state index in [1.807, 2.05) is 49.3 Å². The van der Waals surface area contributed by atoms with Gasteiger partial charge in [-0.3, -0.25) is 0 Å². The summed E-state index contributed by atoms with van der Waals surface area (Å²) in [6.07, 6.45) is -0.652. The lowest BCUT2D eigenvalue weighted by Gasteiger charge is -2.26. The van der Waals surface area contributed by atoms with Crippen LogP contribution >= 0.6 is 0 Å². The summed E-state index contributed by atoms with van der Waals surface area (Å²) in [6, 6.07) is 16.0. The van der Waals surface area contributed by atoms with Crippen molar-refractivity contribution in [1.82, 2.24) is 4.90 Å². The third-order valence-corrected chi connectivity index (χ3v) is 3.38. The maximum absolute atomic E-state index is 13.0. The largest absolute Gasteiger partial charge is 0.388 e. The molecule has 1 N–H and O–H groups in total. The Bertz CT molecular complexity index is 524. The van der Waals surface area contributed by atoms with Crippen LogP contribution in [-0.2, 0) is 0 Å². The molecule has 2 aromatic carbocycles. The van der Waals surface area contributed by atoms with Gasteiger partial charge in [0.2, 0.25) is 0 Å². The monoisotopic (exact) mass is 273 g/mol. The van der Waals surface area contributed by atoms with E-state index in [0.717, 1.165) is 17.7 Å². The van der Waals surface area contributed by atoms with E-state index in [4.69, 9.17) is 0 Å². The van der Waals surface area contributed by atoms with Gasteiger partial charge in [0, 0.05) is 12.5 Å². The normalized spacial score (nSPS) is 14.2. The Labute approximate surface area is 119 Å². The topological polar surface area (TPSA) is 23.5 Å². The number of aliphatic hydroxyl groups excluding tert-OH is 1. The average molecular weight is 273 g/mol. The van der Waals surface area contributed by atoms with Crippen molar-refractivity contribution in [2.45, 2.75) is 12.0 Å². The van der Waals surface area contributed by atoms with Gasteiger partial charge in [0.25, 0.3) is 0 Å². The first-order valence-electron chi connectivity index (χ1n) is 6.71. The lowest BCUT2D eigenvalue weighted by Crippen LogP contribution is -2.25. The lowest BCUT2D eigenvalue weighted by atomic mass is 9.89. The molecular formula is C17H20FNO. The Balaban J connectivity index is 2.28. The standard InChI is InChI=1S/C17H20FNO/c1-19(2)12-16(13-6-4-3-5-7-13)17(20)14-8-10-15(18)11-9-14/h3-11,16-17,20H,12H2,1-2H3/t16-,17-/m0/s1. The maximum atomic E-state index is 13.0. The SMILES string of the molecule is CN(C)C[C@@H](c1ccccc1)[C@@H](O)c1ccc(F)cc1. The molecule has 2 aromatic rings. The molecule has 0 aromatic heterocycles. The van der Waals surface area contributed by atoms with Crippen LogP contribution in [0.15, 0.2) is 54.6 Å². The first-order valence-corrected chi connectivity index (χ1v) is 6.71. The zero-order valence-corrected chi connectivity index (χ0v) is 11.8. The summed E-state index contributed by atoms with van der Waals surface area (Å²) in [5, 5.41) is 10.6. The van der Waals surface area contributed by atoms with Crippen LogP contribution in [0.2, 0.25) is 0 Å². The molecule has 0 heterocycles. The summed E-state index contributed by atoms with van der Waals surface area (Å²) in [4.78, 5) is 2.05. The Kier molecular flexibility index (Phi) is 4.88. The minimum absolute atomic E-state index is 0.0448. The average Bonchev–Trinajstić information content (AvgIpc) is 2.45. The molecule has 0 aliphatic carbocycles. The van der Waals surface area contributed by atoms with Gasteiger partial charge in [-0.2, -0.15) is 0 Å². The van der Waals surface area contributed by atoms with Crippen LogP contribution in [-0.4, -0.2) is 30.6 Å². The number of likely N-dealkylation sites (N-methyl/N-ethyl adjacent to an activating group) is 1. The maximum Gasteiger partial charge on any atom is 0.123 e. The van der Waals surface area contributed by atoms with Crippen molar-refractivity contribution in [1.29, 1.82) is 0 Å². The first kappa shape index (κ1) is 14.7. The Morgan fingerprint density at radius 1 is 0.950 bits per heavy atom. The summed E-state index contributed by atoms with van der Waals surface area (Å²) in [7, 11) is 3.96. The summed E-state index contributed by atoms with van der Waals surface area (Å²) < 4.78 is 13.0. The van der Waals surface area contributed by atoms with Gasteiger partial charge < -0.3 is 10.0 Å². The zero-order valence-electron chi connectivity index (χ0n) is 11.8. The van der Waals surface area contributed by atoms with E-state index >= 15 is 0 Å². The van der Waals surface area contributed by atoms with Crippen LogP contribution in [0.4, 0.5) is 4.39 Å². The second-order valence-electron chi connectivity index (χ2n) is 5.28. The molecule has 106 valence electrons. The van der Waals surface area contributed by atoms with E-state index in [0.29, 0.717) is 0 Å². The molecule has 2 atom stereocenters. The van der Waals surface area contributed by atoms with Crippen LogP contribution in [0, 0.1) is 5.82 Å². The van der Waals surface area contributed by atoms with Gasteiger partial charge in [-0.1, -0.05) is 42.5 Å². The van der Waals surface area contributed by atoms with Crippen molar-refractivity contribution < 1.29 is 9.50 Å². The van der Waals surface area contributed by atoms with Gasteiger partial charge in [-0.15, -0.1) is 0 Å². The van der Waals surface area contributed by atoms with Crippen LogP contribution in [0.1, 0.15) is 23.1 Å². The molecule has 0 aliphatic rings. The van der Waals surface area contributed by atoms with Crippen molar-refractivity contribution in [2.75, 3.05) is 20.6 Å². The predicted molar refractivity (Wildman–Crippen MR) is 79.1 cm³/mol. The first-order chi connectivity index (χ1) is 9.58. The molecule has 2 nitrogen and oxygen atoms in total. The molecule has 0 spiro atoms. The predicted octanol–water partition coefficient (Wildman–Crippen LogP) is 3.20. The van der Waals surface area contributed by atoms with Crippen LogP contribution in [0.3, 0.4) is 0 Å². The van der Waals surface area contributed by atoms with Crippen molar-refractivity contribution in [3.63, 3.8) is 0 Å². The Morgan fingerprint density at radius 2 is 1.55 bits per heavy atom. The molecule has 0 amide bonds. The highest BCUT2D eigenvalue weighted by atomic mass is 19.1. The number of benzene rings is 2. The molecule has 0 saturated heterocycles. The molecule has 0 aliphatic heterocycles. The van der Waals surface area contributed by atoms with E-state index in [-0.39, 0.29) is 11.7 Å². The van der Waals surface area contributed by atoms with E-state index < -0.39 is 6.10 Å². The van der Waals surface area contributed by atoms with E-state index in [9.17, 15) is 9.50 Å². The second kappa shape index (κ2) is 6.64. The third kappa shape index (κ3) is 3.65. The zero-order chi connectivity index (χ0) is 14.5. The number of nitrogens with zero attached hydrogens (tertiary/aromatic N) is 1. The summed E-state index contributed by atoms with van der Waals surface area (Å²) >= 11 is 0. The minimum Gasteiger partial charge on any atom is -0.388 e. The van der Waals surface area contributed by atoms with Crippen molar-refractivity contribution in [3.05, 3.63) is 71.5 Å². The number of rotatable bonds is 5. The quantitative estimate of drug-likeness (QED) is 0.904. The lowest BCUT2D eigenvalue weighted by molar-refractivity contribution is 0.128. The Morgan fingerprint density at radius 3 is 2.10 bits per heavy atom. The molecular weight excluding hydrogens is 253 g/mol. The fourth-order valence-electron chi connectivity index (χ4n) is 2.37. The summed E-state index contributed by atoms with van der Waals surface area (Å²) in [5.74, 6) is -0.332. The highest BCUT2D eigenvalue weighted by Gasteiger charge is 2.23. The molecule has 0 radical (unpaired) electrons. The van der Waals surface area contributed by atoms with Crippen LogP contribution in [0.25, 0.3) is 0 Å². The van der Waals surface area contributed by atoms with Gasteiger partial charge in [-0.25, -0.2) is 4.39 Å². The van der Waals surface area contributed by atoms with E-state index in [1.165, 1.54) is 12.1 Å². The van der Waals surface area contributed by atoms with Crippen molar-refractivity contribution in [2.24, 2.45) is 0 Å². The number of aliphatic hydroxyl groups is 1. The van der Waals surface area contributed by atoms with E-state index in [1.54, 1.807) is 12.1 Å². The van der Waals surface area contributed by atoms with Crippen molar-refractivity contribution in [3.8, 4) is 0 Å².